The molecule has 0 fully saturated rings. The maximum absolute atomic E-state index is 13.4. The van der Waals surface area contributed by atoms with Crippen molar-refractivity contribution < 1.29 is 19.1 Å². The van der Waals surface area contributed by atoms with E-state index in [1.807, 2.05) is 0 Å². The molecule has 1 rings (SSSR count). The van der Waals surface area contributed by atoms with Crippen LogP contribution in [0.15, 0.2) is 24.3 Å². The summed E-state index contributed by atoms with van der Waals surface area (Å²) in [7, 11) is 0. The molecule has 0 aliphatic rings. The van der Waals surface area contributed by atoms with Gasteiger partial charge in [0, 0.05) is 6.54 Å². The van der Waals surface area contributed by atoms with E-state index in [1.54, 1.807) is 32.0 Å². The summed E-state index contributed by atoms with van der Waals surface area (Å²) in [6, 6.07) is 5.77. The van der Waals surface area contributed by atoms with Crippen molar-refractivity contribution in [3.8, 4) is 0 Å². The molecule has 0 radical (unpaired) electrons. The number of rotatable bonds is 7. The van der Waals surface area contributed by atoms with Gasteiger partial charge in [0.05, 0.1) is 0 Å². The van der Waals surface area contributed by atoms with E-state index in [2.05, 4.69) is 10.6 Å². The molecule has 0 aromatic heterocycles. The van der Waals surface area contributed by atoms with E-state index in [-0.39, 0.29) is 12.4 Å². The van der Waals surface area contributed by atoms with E-state index in [9.17, 15) is 19.1 Å². The number of halogens is 1. The zero-order valence-corrected chi connectivity index (χ0v) is 12.3. The summed E-state index contributed by atoms with van der Waals surface area (Å²) in [5.41, 5.74) is -0.754. The number of carboxylic acids is 1. The summed E-state index contributed by atoms with van der Waals surface area (Å²) in [5, 5.41) is 14.3. The predicted octanol–water partition coefficient (Wildman–Crippen LogP) is 2.31. The fourth-order valence-electron chi connectivity index (χ4n) is 2.06. The Balaban J connectivity index is 2.51. The van der Waals surface area contributed by atoms with Crippen LogP contribution in [-0.4, -0.2) is 29.2 Å². The third-order valence-electron chi connectivity index (χ3n) is 3.61. The standard InChI is InChI=1S/C15H21FN2O3/c1-3-15(4-2,13(19)20)18-14(21)17-10-9-11-7-5-6-8-12(11)16/h5-8H,3-4,9-10H2,1-2H3,(H,19,20)(H2,17,18,21). The third kappa shape index (κ3) is 4.44. The predicted molar refractivity (Wildman–Crippen MR) is 77.6 cm³/mol. The van der Waals surface area contributed by atoms with Crippen molar-refractivity contribution in [1.29, 1.82) is 0 Å². The Kier molecular flexibility index (Phi) is 6.14. The summed E-state index contributed by atoms with van der Waals surface area (Å²) < 4.78 is 13.4. The van der Waals surface area contributed by atoms with Crippen molar-refractivity contribution in [2.75, 3.05) is 6.54 Å². The largest absolute Gasteiger partial charge is 0.480 e. The van der Waals surface area contributed by atoms with Crippen molar-refractivity contribution in [3.05, 3.63) is 35.6 Å². The van der Waals surface area contributed by atoms with E-state index in [4.69, 9.17) is 0 Å². The molecule has 1 aromatic rings. The van der Waals surface area contributed by atoms with Crippen LogP contribution < -0.4 is 10.6 Å². The second-order valence-electron chi connectivity index (χ2n) is 4.82. The van der Waals surface area contributed by atoms with Gasteiger partial charge in [0.25, 0.3) is 0 Å². The molecule has 0 saturated heterocycles. The molecule has 0 aliphatic carbocycles. The number of hydrogen-bond donors (Lipinski definition) is 3. The first-order valence-electron chi connectivity index (χ1n) is 6.98. The third-order valence-corrected chi connectivity index (χ3v) is 3.61. The lowest BCUT2D eigenvalue weighted by atomic mass is 9.93. The summed E-state index contributed by atoms with van der Waals surface area (Å²) in [5.74, 6) is -1.38. The van der Waals surface area contributed by atoms with Gasteiger partial charge < -0.3 is 15.7 Å². The number of carboxylic acid groups (broad SMARTS) is 1. The molecule has 0 heterocycles. The van der Waals surface area contributed by atoms with Gasteiger partial charge in [0.15, 0.2) is 0 Å². The Morgan fingerprint density at radius 1 is 1.24 bits per heavy atom. The normalized spacial score (nSPS) is 11.0. The lowest BCUT2D eigenvalue weighted by molar-refractivity contribution is -0.144. The van der Waals surface area contributed by atoms with E-state index >= 15 is 0 Å². The van der Waals surface area contributed by atoms with Gasteiger partial charge in [-0.25, -0.2) is 14.0 Å². The van der Waals surface area contributed by atoms with Crippen LogP contribution in [0.5, 0.6) is 0 Å². The van der Waals surface area contributed by atoms with Crippen molar-refractivity contribution >= 4 is 12.0 Å². The van der Waals surface area contributed by atoms with E-state index in [0.29, 0.717) is 24.8 Å². The monoisotopic (exact) mass is 296 g/mol. The Labute approximate surface area is 123 Å². The minimum atomic E-state index is -1.26. The Hall–Kier alpha value is -2.11. The highest BCUT2D eigenvalue weighted by Gasteiger charge is 2.36. The van der Waals surface area contributed by atoms with Crippen LogP contribution >= 0.6 is 0 Å². The summed E-state index contributed by atoms with van der Waals surface area (Å²) in [6.07, 6.45) is 0.928. The van der Waals surface area contributed by atoms with Gasteiger partial charge in [0.1, 0.15) is 11.4 Å². The molecule has 0 saturated carbocycles. The molecule has 6 heteroatoms. The highest BCUT2D eigenvalue weighted by molar-refractivity contribution is 5.86. The zero-order chi connectivity index (χ0) is 15.9. The van der Waals surface area contributed by atoms with Crippen LogP contribution in [0.3, 0.4) is 0 Å². The van der Waals surface area contributed by atoms with E-state index in [1.165, 1.54) is 6.07 Å². The molecule has 0 spiro atoms. The number of carbonyl (C=O) groups excluding carboxylic acids is 1. The van der Waals surface area contributed by atoms with Gasteiger partial charge in [-0.2, -0.15) is 0 Å². The number of carbonyl (C=O) groups is 2. The highest BCUT2D eigenvalue weighted by atomic mass is 19.1. The summed E-state index contributed by atoms with van der Waals surface area (Å²) in [4.78, 5) is 23.0. The van der Waals surface area contributed by atoms with Crippen molar-refractivity contribution in [1.82, 2.24) is 10.6 Å². The summed E-state index contributed by atoms with van der Waals surface area (Å²) in [6.45, 7) is 3.64. The smallest absolute Gasteiger partial charge is 0.329 e. The van der Waals surface area contributed by atoms with Gasteiger partial charge in [0.2, 0.25) is 0 Å². The first-order chi connectivity index (χ1) is 9.95. The van der Waals surface area contributed by atoms with Crippen molar-refractivity contribution in [3.63, 3.8) is 0 Å². The maximum Gasteiger partial charge on any atom is 0.329 e. The average molecular weight is 296 g/mol. The quantitative estimate of drug-likeness (QED) is 0.722. The fourth-order valence-corrected chi connectivity index (χ4v) is 2.06. The molecular formula is C15H21FN2O3. The van der Waals surface area contributed by atoms with E-state index < -0.39 is 17.5 Å². The van der Waals surface area contributed by atoms with Crippen LogP contribution in [0.2, 0.25) is 0 Å². The fraction of sp³-hybridized carbons (Fsp3) is 0.467. The number of amides is 2. The molecule has 2 amide bonds. The molecule has 0 atom stereocenters. The minimum Gasteiger partial charge on any atom is -0.480 e. The van der Waals surface area contributed by atoms with Crippen molar-refractivity contribution in [2.24, 2.45) is 0 Å². The minimum absolute atomic E-state index is 0.232. The van der Waals surface area contributed by atoms with Crippen LogP contribution in [0.25, 0.3) is 0 Å². The van der Waals surface area contributed by atoms with Gasteiger partial charge in [-0.15, -0.1) is 0 Å². The van der Waals surface area contributed by atoms with Crippen LogP contribution in [0.1, 0.15) is 32.3 Å². The molecule has 5 nitrogen and oxygen atoms in total. The molecule has 0 aliphatic heterocycles. The summed E-state index contributed by atoms with van der Waals surface area (Å²) >= 11 is 0. The lowest BCUT2D eigenvalue weighted by Gasteiger charge is -2.28. The average Bonchev–Trinajstić information content (AvgIpc) is 2.46. The number of nitrogens with one attached hydrogen (secondary N) is 2. The van der Waals surface area contributed by atoms with Crippen LogP contribution in [0.4, 0.5) is 9.18 Å². The molecular weight excluding hydrogens is 275 g/mol. The van der Waals surface area contributed by atoms with Crippen molar-refractivity contribution in [2.45, 2.75) is 38.6 Å². The SMILES string of the molecule is CCC(CC)(NC(=O)NCCc1ccccc1F)C(=O)O. The number of urea groups is 1. The van der Waals surface area contributed by atoms with Gasteiger partial charge >= 0.3 is 12.0 Å². The van der Waals surface area contributed by atoms with Gasteiger partial charge in [-0.05, 0) is 30.9 Å². The second-order valence-corrected chi connectivity index (χ2v) is 4.82. The number of aliphatic carboxylic acids is 1. The molecule has 0 unspecified atom stereocenters. The highest BCUT2D eigenvalue weighted by Crippen LogP contribution is 2.15. The topological polar surface area (TPSA) is 78.4 Å². The van der Waals surface area contributed by atoms with E-state index in [0.717, 1.165) is 0 Å². The Bertz CT molecular complexity index is 501. The second kappa shape index (κ2) is 7.61. The molecule has 116 valence electrons. The van der Waals surface area contributed by atoms with Crippen LogP contribution in [-0.2, 0) is 11.2 Å². The number of benzene rings is 1. The van der Waals surface area contributed by atoms with Gasteiger partial charge in [-0.1, -0.05) is 32.0 Å². The lowest BCUT2D eigenvalue weighted by Crippen LogP contribution is -2.56. The maximum atomic E-state index is 13.4. The Morgan fingerprint density at radius 3 is 2.38 bits per heavy atom. The number of hydrogen-bond acceptors (Lipinski definition) is 2. The first kappa shape index (κ1) is 16.9. The molecule has 3 N–H and O–H groups in total. The van der Waals surface area contributed by atoms with Crippen LogP contribution in [0, 0.1) is 5.82 Å². The Morgan fingerprint density at radius 2 is 1.86 bits per heavy atom. The van der Waals surface area contributed by atoms with Gasteiger partial charge in [-0.3, -0.25) is 0 Å². The molecule has 1 aromatic carbocycles. The molecule has 21 heavy (non-hydrogen) atoms. The zero-order valence-electron chi connectivity index (χ0n) is 12.3. The molecule has 0 bridgehead atoms. The first-order valence-corrected chi connectivity index (χ1v) is 6.98.